The second-order valence-electron chi connectivity index (χ2n) is 7.46. The van der Waals surface area contributed by atoms with Crippen LogP contribution in [0.3, 0.4) is 0 Å². The third kappa shape index (κ3) is 3.47. The van der Waals surface area contributed by atoms with E-state index >= 15 is 0 Å². The van der Waals surface area contributed by atoms with Crippen LogP contribution < -0.4 is 10.2 Å². The fourth-order valence-electron chi connectivity index (χ4n) is 4.15. The van der Waals surface area contributed by atoms with Gasteiger partial charge in [-0.05, 0) is 49.3 Å². The molecular formula is C22H26N2O2. The van der Waals surface area contributed by atoms with Crippen molar-refractivity contribution in [1.82, 2.24) is 5.32 Å². The maximum Gasteiger partial charge on any atom is 0.253 e. The van der Waals surface area contributed by atoms with Gasteiger partial charge in [0.2, 0.25) is 0 Å². The normalized spacial score (nSPS) is 23.3. The van der Waals surface area contributed by atoms with Gasteiger partial charge in [-0.3, -0.25) is 4.79 Å². The SMILES string of the molecule is O=C(N[C@@H](c1ccccc1)C1CC(O)C1)c1ccccc1N1CCCC1. The number of rotatable bonds is 5. The Morgan fingerprint density at radius 1 is 1.00 bits per heavy atom. The number of hydrogen-bond donors (Lipinski definition) is 2. The lowest BCUT2D eigenvalue weighted by Gasteiger charge is -2.38. The fourth-order valence-corrected chi connectivity index (χ4v) is 4.15. The first-order valence-electron chi connectivity index (χ1n) is 9.60. The number of aliphatic hydroxyl groups is 1. The van der Waals surface area contributed by atoms with E-state index in [1.54, 1.807) is 0 Å². The van der Waals surface area contributed by atoms with Gasteiger partial charge in [-0.2, -0.15) is 0 Å². The Morgan fingerprint density at radius 2 is 1.65 bits per heavy atom. The van der Waals surface area contributed by atoms with Gasteiger partial charge in [0.1, 0.15) is 0 Å². The molecule has 1 aliphatic carbocycles. The predicted molar refractivity (Wildman–Crippen MR) is 103 cm³/mol. The summed E-state index contributed by atoms with van der Waals surface area (Å²) in [7, 11) is 0. The average Bonchev–Trinajstić information content (AvgIpc) is 3.19. The van der Waals surface area contributed by atoms with Crippen molar-refractivity contribution in [3.8, 4) is 0 Å². The number of hydrogen-bond acceptors (Lipinski definition) is 3. The molecule has 2 fully saturated rings. The predicted octanol–water partition coefficient (Wildman–Crippen LogP) is 3.53. The number of para-hydroxylation sites is 1. The lowest BCUT2D eigenvalue weighted by Crippen LogP contribution is -2.41. The van der Waals surface area contributed by atoms with Crippen molar-refractivity contribution in [3.63, 3.8) is 0 Å². The summed E-state index contributed by atoms with van der Waals surface area (Å²) in [5.41, 5.74) is 2.88. The topological polar surface area (TPSA) is 52.6 Å². The molecule has 0 radical (unpaired) electrons. The smallest absolute Gasteiger partial charge is 0.253 e. The third-order valence-electron chi connectivity index (χ3n) is 5.66. The van der Waals surface area contributed by atoms with Crippen molar-refractivity contribution in [3.05, 3.63) is 65.7 Å². The first-order chi connectivity index (χ1) is 12.7. The number of benzene rings is 2. The number of amides is 1. The molecule has 0 spiro atoms. The summed E-state index contributed by atoms with van der Waals surface area (Å²) < 4.78 is 0. The number of nitrogens with one attached hydrogen (secondary N) is 1. The van der Waals surface area contributed by atoms with Crippen molar-refractivity contribution in [2.45, 2.75) is 37.8 Å². The van der Waals surface area contributed by atoms with Crippen LogP contribution >= 0.6 is 0 Å². The standard InChI is InChI=1S/C22H26N2O2/c25-18-14-17(15-18)21(16-8-2-1-3-9-16)23-22(26)19-10-4-5-11-20(19)24-12-6-7-13-24/h1-5,8-11,17-18,21,25H,6-7,12-15H2,(H,23,26)/t17?,18?,21-/m0/s1. The van der Waals surface area contributed by atoms with Crippen molar-refractivity contribution in [1.29, 1.82) is 0 Å². The summed E-state index contributed by atoms with van der Waals surface area (Å²) in [6, 6.07) is 17.9. The zero-order chi connectivity index (χ0) is 17.9. The molecule has 4 heteroatoms. The van der Waals surface area contributed by atoms with Gasteiger partial charge < -0.3 is 15.3 Å². The second kappa shape index (κ2) is 7.50. The Labute approximate surface area is 154 Å². The summed E-state index contributed by atoms with van der Waals surface area (Å²) >= 11 is 0. The van der Waals surface area contributed by atoms with Crippen molar-refractivity contribution >= 4 is 11.6 Å². The van der Waals surface area contributed by atoms with E-state index in [1.807, 2.05) is 42.5 Å². The Balaban J connectivity index is 1.57. The second-order valence-corrected chi connectivity index (χ2v) is 7.46. The maximum absolute atomic E-state index is 13.1. The number of anilines is 1. The largest absolute Gasteiger partial charge is 0.393 e. The summed E-state index contributed by atoms with van der Waals surface area (Å²) in [6.45, 7) is 2.03. The molecule has 136 valence electrons. The first-order valence-corrected chi connectivity index (χ1v) is 9.60. The van der Waals surface area contributed by atoms with E-state index in [-0.39, 0.29) is 24.0 Å². The van der Waals surface area contributed by atoms with Gasteiger partial charge in [0, 0.05) is 18.8 Å². The quantitative estimate of drug-likeness (QED) is 0.867. The highest BCUT2D eigenvalue weighted by Gasteiger charge is 2.36. The molecule has 1 atom stereocenters. The number of carbonyl (C=O) groups excluding carboxylic acids is 1. The number of nitrogens with zero attached hydrogens (tertiary/aromatic N) is 1. The molecule has 26 heavy (non-hydrogen) atoms. The van der Waals surface area contributed by atoms with Crippen LogP contribution in [0.4, 0.5) is 5.69 Å². The van der Waals surface area contributed by atoms with E-state index in [0.29, 0.717) is 0 Å². The van der Waals surface area contributed by atoms with Crippen molar-refractivity contribution in [2.75, 3.05) is 18.0 Å². The van der Waals surface area contributed by atoms with Crippen LogP contribution in [0.25, 0.3) is 0 Å². The van der Waals surface area contributed by atoms with E-state index in [0.717, 1.165) is 42.7 Å². The zero-order valence-electron chi connectivity index (χ0n) is 15.0. The van der Waals surface area contributed by atoms with Crippen LogP contribution in [0.15, 0.2) is 54.6 Å². The average molecular weight is 350 g/mol. The number of aliphatic hydroxyl groups excluding tert-OH is 1. The molecule has 1 saturated heterocycles. The summed E-state index contributed by atoms with van der Waals surface area (Å²) in [6.07, 6.45) is 3.62. The lowest BCUT2D eigenvalue weighted by atomic mass is 9.75. The first kappa shape index (κ1) is 17.1. The minimum atomic E-state index is -0.236. The third-order valence-corrected chi connectivity index (χ3v) is 5.66. The van der Waals surface area contributed by atoms with Gasteiger partial charge in [-0.15, -0.1) is 0 Å². The Hall–Kier alpha value is -2.33. The van der Waals surface area contributed by atoms with E-state index < -0.39 is 0 Å². The van der Waals surface area contributed by atoms with E-state index in [4.69, 9.17) is 0 Å². The molecule has 0 bridgehead atoms. The monoisotopic (exact) mass is 350 g/mol. The molecule has 4 nitrogen and oxygen atoms in total. The maximum atomic E-state index is 13.1. The van der Waals surface area contributed by atoms with Crippen molar-refractivity contribution in [2.24, 2.45) is 5.92 Å². The van der Waals surface area contributed by atoms with Gasteiger partial charge in [0.05, 0.1) is 17.7 Å². The minimum absolute atomic E-state index is 0.0252. The molecule has 2 aromatic carbocycles. The molecule has 1 heterocycles. The van der Waals surface area contributed by atoms with Crippen LogP contribution in [0.1, 0.15) is 47.6 Å². The van der Waals surface area contributed by atoms with Crippen molar-refractivity contribution < 1.29 is 9.90 Å². The van der Waals surface area contributed by atoms with E-state index in [2.05, 4.69) is 22.3 Å². The summed E-state index contributed by atoms with van der Waals surface area (Å²) in [4.78, 5) is 15.4. The fraction of sp³-hybridized carbons (Fsp3) is 0.409. The highest BCUT2D eigenvalue weighted by molar-refractivity contribution is 6.00. The Kier molecular flexibility index (Phi) is 4.93. The van der Waals surface area contributed by atoms with Gasteiger partial charge in [0.15, 0.2) is 0 Å². The molecule has 0 unspecified atom stereocenters. The molecule has 2 aromatic rings. The van der Waals surface area contributed by atoms with Gasteiger partial charge in [-0.25, -0.2) is 0 Å². The van der Waals surface area contributed by atoms with Crippen LogP contribution in [-0.4, -0.2) is 30.2 Å². The van der Waals surface area contributed by atoms with Crippen LogP contribution in [0.5, 0.6) is 0 Å². The van der Waals surface area contributed by atoms with Crippen LogP contribution in [0.2, 0.25) is 0 Å². The Morgan fingerprint density at radius 3 is 2.35 bits per heavy atom. The molecule has 4 rings (SSSR count). The molecule has 1 saturated carbocycles. The van der Waals surface area contributed by atoms with Crippen LogP contribution in [-0.2, 0) is 0 Å². The van der Waals surface area contributed by atoms with E-state index in [9.17, 15) is 9.90 Å². The van der Waals surface area contributed by atoms with Crippen LogP contribution in [0, 0.1) is 5.92 Å². The van der Waals surface area contributed by atoms with Gasteiger partial charge >= 0.3 is 0 Å². The van der Waals surface area contributed by atoms with Gasteiger partial charge in [-0.1, -0.05) is 42.5 Å². The highest BCUT2D eigenvalue weighted by atomic mass is 16.3. The zero-order valence-corrected chi connectivity index (χ0v) is 15.0. The molecule has 1 aliphatic heterocycles. The molecule has 1 amide bonds. The molecule has 0 aromatic heterocycles. The summed E-state index contributed by atoms with van der Waals surface area (Å²) in [5.74, 6) is 0.262. The number of carbonyl (C=O) groups is 1. The van der Waals surface area contributed by atoms with E-state index in [1.165, 1.54) is 12.8 Å². The lowest BCUT2D eigenvalue weighted by molar-refractivity contribution is 0.0235. The highest BCUT2D eigenvalue weighted by Crippen LogP contribution is 2.38. The molecule has 2 N–H and O–H groups in total. The minimum Gasteiger partial charge on any atom is -0.393 e. The molecule has 2 aliphatic rings. The Bertz CT molecular complexity index is 750. The summed E-state index contributed by atoms with van der Waals surface area (Å²) in [5, 5.41) is 13.0. The van der Waals surface area contributed by atoms with Gasteiger partial charge in [0.25, 0.3) is 5.91 Å². The molecular weight excluding hydrogens is 324 g/mol.